The molecule has 1 nitrogen and oxygen atoms in total. The SMILES string of the molecule is CC(C)COC1CC2CC1C1CCCC21. The van der Waals surface area contributed by atoms with Gasteiger partial charge in [0.15, 0.2) is 0 Å². The maximum atomic E-state index is 6.11. The van der Waals surface area contributed by atoms with Gasteiger partial charge in [-0.15, -0.1) is 0 Å². The zero-order valence-corrected chi connectivity index (χ0v) is 10.1. The molecule has 0 N–H and O–H groups in total. The average molecular weight is 208 g/mol. The van der Waals surface area contributed by atoms with E-state index in [1.165, 1.54) is 32.1 Å². The van der Waals surface area contributed by atoms with E-state index >= 15 is 0 Å². The standard InChI is InChI=1S/C14H24O/c1-9(2)8-15-14-7-10-6-13(14)12-5-3-4-11(10)12/h9-14H,3-8H2,1-2H3. The molecule has 5 atom stereocenters. The van der Waals surface area contributed by atoms with Crippen LogP contribution in [0, 0.1) is 29.6 Å². The monoisotopic (exact) mass is 208 g/mol. The Balaban J connectivity index is 1.61. The van der Waals surface area contributed by atoms with Crippen molar-refractivity contribution in [2.75, 3.05) is 6.61 Å². The Kier molecular flexibility index (Phi) is 2.54. The third-order valence-corrected chi connectivity index (χ3v) is 5.01. The van der Waals surface area contributed by atoms with E-state index in [4.69, 9.17) is 4.74 Å². The summed E-state index contributed by atoms with van der Waals surface area (Å²) in [5, 5.41) is 0. The minimum atomic E-state index is 0.636. The minimum Gasteiger partial charge on any atom is -0.378 e. The highest BCUT2D eigenvalue weighted by atomic mass is 16.5. The lowest BCUT2D eigenvalue weighted by Gasteiger charge is -2.31. The molecule has 3 fully saturated rings. The maximum absolute atomic E-state index is 6.11. The third-order valence-electron chi connectivity index (χ3n) is 5.01. The predicted octanol–water partition coefficient (Wildman–Crippen LogP) is 3.48. The molecule has 2 bridgehead atoms. The van der Waals surface area contributed by atoms with Crippen molar-refractivity contribution in [3.63, 3.8) is 0 Å². The Hall–Kier alpha value is -0.0400. The second-order valence-electron chi connectivity index (χ2n) is 6.42. The first kappa shape index (κ1) is 10.1. The first-order valence-electron chi connectivity index (χ1n) is 6.87. The normalized spacial score (nSPS) is 47.8. The highest BCUT2D eigenvalue weighted by Gasteiger charge is 2.54. The molecule has 3 aliphatic carbocycles. The number of hydrogen-bond acceptors (Lipinski definition) is 1. The molecular weight excluding hydrogens is 184 g/mol. The van der Waals surface area contributed by atoms with Crippen LogP contribution in [-0.2, 0) is 4.74 Å². The molecule has 0 radical (unpaired) electrons. The van der Waals surface area contributed by atoms with Gasteiger partial charge >= 0.3 is 0 Å². The van der Waals surface area contributed by atoms with Crippen molar-refractivity contribution in [1.29, 1.82) is 0 Å². The van der Waals surface area contributed by atoms with Gasteiger partial charge in [0.2, 0.25) is 0 Å². The first-order valence-corrected chi connectivity index (χ1v) is 6.87. The second kappa shape index (κ2) is 3.76. The summed E-state index contributed by atoms with van der Waals surface area (Å²) >= 11 is 0. The summed E-state index contributed by atoms with van der Waals surface area (Å²) in [6, 6.07) is 0. The lowest BCUT2D eigenvalue weighted by Crippen LogP contribution is -2.31. The van der Waals surface area contributed by atoms with E-state index in [1.807, 2.05) is 0 Å². The van der Waals surface area contributed by atoms with E-state index < -0.39 is 0 Å². The van der Waals surface area contributed by atoms with E-state index in [9.17, 15) is 0 Å². The van der Waals surface area contributed by atoms with Crippen LogP contribution in [-0.4, -0.2) is 12.7 Å². The van der Waals surface area contributed by atoms with E-state index in [0.717, 1.165) is 30.3 Å². The molecule has 0 amide bonds. The molecule has 0 aromatic carbocycles. The number of rotatable bonds is 3. The lowest BCUT2D eigenvalue weighted by molar-refractivity contribution is -0.0214. The van der Waals surface area contributed by atoms with Gasteiger partial charge in [-0.1, -0.05) is 20.3 Å². The van der Waals surface area contributed by atoms with Crippen molar-refractivity contribution in [3.05, 3.63) is 0 Å². The van der Waals surface area contributed by atoms with E-state index in [1.54, 1.807) is 0 Å². The van der Waals surface area contributed by atoms with Gasteiger partial charge < -0.3 is 4.74 Å². The number of ether oxygens (including phenoxy) is 1. The summed E-state index contributed by atoms with van der Waals surface area (Å²) in [5.74, 6) is 4.85. The Bertz CT molecular complexity index is 235. The zero-order chi connectivity index (χ0) is 10.4. The molecule has 0 aromatic heterocycles. The Labute approximate surface area is 93.6 Å². The third kappa shape index (κ3) is 1.63. The van der Waals surface area contributed by atoms with Crippen LogP contribution in [0.15, 0.2) is 0 Å². The minimum absolute atomic E-state index is 0.636. The van der Waals surface area contributed by atoms with Crippen LogP contribution in [0.2, 0.25) is 0 Å². The Morgan fingerprint density at radius 2 is 1.87 bits per heavy atom. The quantitative estimate of drug-likeness (QED) is 0.690. The van der Waals surface area contributed by atoms with Gasteiger partial charge in [-0.3, -0.25) is 0 Å². The topological polar surface area (TPSA) is 9.23 Å². The molecule has 0 aromatic rings. The fraction of sp³-hybridized carbons (Fsp3) is 1.00. The van der Waals surface area contributed by atoms with E-state index in [-0.39, 0.29) is 0 Å². The summed E-state index contributed by atoms with van der Waals surface area (Å²) < 4.78 is 6.11. The van der Waals surface area contributed by atoms with Crippen LogP contribution in [0.1, 0.15) is 46.0 Å². The molecule has 1 heteroatoms. The van der Waals surface area contributed by atoms with Crippen molar-refractivity contribution in [2.24, 2.45) is 29.6 Å². The summed E-state index contributed by atoms with van der Waals surface area (Å²) in [4.78, 5) is 0. The van der Waals surface area contributed by atoms with Crippen LogP contribution in [0.25, 0.3) is 0 Å². The van der Waals surface area contributed by atoms with Crippen LogP contribution in [0.3, 0.4) is 0 Å². The van der Waals surface area contributed by atoms with Crippen LogP contribution in [0.5, 0.6) is 0 Å². The summed E-state index contributed by atoms with van der Waals surface area (Å²) in [5.41, 5.74) is 0. The molecule has 0 heterocycles. The molecule has 15 heavy (non-hydrogen) atoms. The molecule has 3 rings (SSSR count). The molecule has 3 saturated carbocycles. The van der Waals surface area contributed by atoms with Crippen molar-refractivity contribution >= 4 is 0 Å². The van der Waals surface area contributed by atoms with Crippen LogP contribution >= 0.6 is 0 Å². The number of hydrogen-bond donors (Lipinski definition) is 0. The van der Waals surface area contributed by atoms with Crippen molar-refractivity contribution in [1.82, 2.24) is 0 Å². The Morgan fingerprint density at radius 1 is 1.07 bits per heavy atom. The first-order chi connectivity index (χ1) is 7.25. The molecule has 3 aliphatic rings. The van der Waals surface area contributed by atoms with Crippen molar-refractivity contribution in [3.8, 4) is 0 Å². The van der Waals surface area contributed by atoms with Crippen molar-refractivity contribution in [2.45, 2.75) is 52.1 Å². The van der Waals surface area contributed by atoms with Gasteiger partial charge in [-0.05, 0) is 55.3 Å². The molecule has 86 valence electrons. The van der Waals surface area contributed by atoms with E-state index in [0.29, 0.717) is 12.0 Å². The van der Waals surface area contributed by atoms with Crippen molar-refractivity contribution < 1.29 is 4.74 Å². The lowest BCUT2D eigenvalue weighted by atomic mass is 9.80. The fourth-order valence-electron chi connectivity index (χ4n) is 4.51. The zero-order valence-electron chi connectivity index (χ0n) is 10.1. The molecule has 0 aliphatic heterocycles. The predicted molar refractivity (Wildman–Crippen MR) is 61.6 cm³/mol. The summed E-state index contributed by atoms with van der Waals surface area (Å²) in [6.45, 7) is 5.49. The maximum Gasteiger partial charge on any atom is 0.0609 e. The van der Waals surface area contributed by atoms with Gasteiger partial charge in [0.1, 0.15) is 0 Å². The van der Waals surface area contributed by atoms with Crippen LogP contribution < -0.4 is 0 Å². The van der Waals surface area contributed by atoms with Gasteiger partial charge in [-0.25, -0.2) is 0 Å². The van der Waals surface area contributed by atoms with Gasteiger partial charge in [0.05, 0.1) is 6.10 Å². The molecule has 5 unspecified atom stereocenters. The average Bonchev–Trinajstić information content (AvgIpc) is 2.86. The van der Waals surface area contributed by atoms with E-state index in [2.05, 4.69) is 13.8 Å². The molecule has 0 spiro atoms. The van der Waals surface area contributed by atoms with Gasteiger partial charge in [-0.2, -0.15) is 0 Å². The second-order valence-corrected chi connectivity index (χ2v) is 6.42. The highest BCUT2D eigenvalue weighted by Crippen LogP contribution is 2.59. The van der Waals surface area contributed by atoms with Gasteiger partial charge in [0.25, 0.3) is 0 Å². The number of fused-ring (bicyclic) bond motifs is 5. The fourth-order valence-corrected chi connectivity index (χ4v) is 4.51. The van der Waals surface area contributed by atoms with Crippen LogP contribution in [0.4, 0.5) is 0 Å². The summed E-state index contributed by atoms with van der Waals surface area (Å²) in [6.07, 6.45) is 8.06. The van der Waals surface area contributed by atoms with Gasteiger partial charge in [0, 0.05) is 6.61 Å². The molecular formula is C14H24O. The largest absolute Gasteiger partial charge is 0.378 e. The Morgan fingerprint density at radius 3 is 2.67 bits per heavy atom. The summed E-state index contributed by atoms with van der Waals surface area (Å²) in [7, 11) is 0. The highest BCUT2D eigenvalue weighted by molar-refractivity contribution is 5.03. The smallest absolute Gasteiger partial charge is 0.0609 e. The molecule has 0 saturated heterocycles.